The molecule has 0 amide bonds. The highest BCUT2D eigenvalue weighted by Crippen LogP contribution is 2.31. The van der Waals surface area contributed by atoms with Crippen LogP contribution in [0.2, 0.25) is 0 Å². The van der Waals surface area contributed by atoms with Crippen LogP contribution in [0.4, 0.5) is 0 Å². The number of carbonyl (C=O) groups is 2. The fourth-order valence-corrected chi connectivity index (χ4v) is 3.46. The summed E-state index contributed by atoms with van der Waals surface area (Å²) in [5, 5.41) is 9.69. The third-order valence-electron chi connectivity index (χ3n) is 4.90. The van der Waals surface area contributed by atoms with Gasteiger partial charge in [0.2, 0.25) is 0 Å². The highest BCUT2D eigenvalue weighted by Gasteiger charge is 2.40. The van der Waals surface area contributed by atoms with E-state index >= 15 is 0 Å². The number of esters is 1. The van der Waals surface area contributed by atoms with Crippen LogP contribution in [-0.4, -0.2) is 31.5 Å². The molecule has 138 valence electrons. The van der Waals surface area contributed by atoms with E-state index in [0.717, 1.165) is 24.0 Å². The van der Waals surface area contributed by atoms with Gasteiger partial charge in [-0.1, -0.05) is 24.3 Å². The van der Waals surface area contributed by atoms with Crippen LogP contribution in [-0.2, 0) is 16.1 Å². The lowest BCUT2D eigenvalue weighted by Crippen LogP contribution is -2.36. The molecule has 1 heterocycles. The second-order valence-corrected chi connectivity index (χ2v) is 7.04. The van der Waals surface area contributed by atoms with Gasteiger partial charge in [-0.2, -0.15) is 0 Å². The highest BCUT2D eigenvalue weighted by molar-refractivity contribution is 6.67. The third kappa shape index (κ3) is 3.81. The molecule has 0 saturated heterocycles. The normalized spacial score (nSPS) is 17.0. The molecule has 1 aromatic carbocycles. The summed E-state index contributed by atoms with van der Waals surface area (Å²) in [7, 11) is 0. The van der Waals surface area contributed by atoms with Crippen molar-refractivity contribution in [1.82, 2.24) is 9.55 Å². The van der Waals surface area contributed by atoms with Gasteiger partial charge in [0.15, 0.2) is 5.60 Å². The number of ether oxygens (including phenoxy) is 1. The Balaban J connectivity index is 1.71. The largest absolute Gasteiger partial charge is 0.459 e. The van der Waals surface area contributed by atoms with Gasteiger partial charge in [-0.15, -0.1) is 0 Å². The molecule has 6 nitrogen and oxygen atoms in total. The van der Waals surface area contributed by atoms with Gasteiger partial charge in [0.1, 0.15) is 12.3 Å². The number of aromatic nitrogens is 2. The van der Waals surface area contributed by atoms with E-state index in [4.69, 9.17) is 16.3 Å². The molecule has 0 aliphatic heterocycles. The number of aliphatic hydroxyl groups is 1. The van der Waals surface area contributed by atoms with E-state index in [9.17, 15) is 14.7 Å². The lowest BCUT2D eigenvalue weighted by molar-refractivity contribution is -0.166. The molecule has 1 aromatic heterocycles. The highest BCUT2D eigenvalue weighted by atomic mass is 35.5. The van der Waals surface area contributed by atoms with Crippen LogP contribution in [0.1, 0.15) is 60.3 Å². The standard InChI is InChI=1S/C19H21ClN2O4/c1-13(22-12-21-10-16(22)17(20)23)15-6-4-5-14(9-15)11-26-18(24)19(25)7-2-3-8-19/h4-6,9-10,12-13,25H,2-3,7-8,11H2,1H3/t13-/m1/s1. The van der Waals surface area contributed by atoms with Crippen molar-refractivity contribution in [3.63, 3.8) is 0 Å². The van der Waals surface area contributed by atoms with Crippen LogP contribution in [0, 0.1) is 0 Å². The summed E-state index contributed by atoms with van der Waals surface area (Å²) < 4.78 is 7.02. The summed E-state index contributed by atoms with van der Waals surface area (Å²) in [6.45, 7) is 2.02. The van der Waals surface area contributed by atoms with Crippen LogP contribution in [0.25, 0.3) is 0 Å². The molecule has 0 unspecified atom stereocenters. The zero-order valence-electron chi connectivity index (χ0n) is 14.5. The first-order valence-electron chi connectivity index (χ1n) is 8.61. The minimum Gasteiger partial charge on any atom is -0.459 e. The summed E-state index contributed by atoms with van der Waals surface area (Å²) in [5.74, 6) is -0.557. The Morgan fingerprint density at radius 3 is 2.81 bits per heavy atom. The Kier molecular flexibility index (Phi) is 5.44. The first-order chi connectivity index (χ1) is 12.4. The number of rotatable bonds is 6. The average Bonchev–Trinajstić information content (AvgIpc) is 3.29. The summed E-state index contributed by atoms with van der Waals surface area (Å²) in [5.41, 5.74) is 0.718. The van der Waals surface area contributed by atoms with Crippen LogP contribution >= 0.6 is 11.6 Å². The molecule has 1 saturated carbocycles. The lowest BCUT2D eigenvalue weighted by atomic mass is 10.0. The van der Waals surface area contributed by atoms with Gasteiger partial charge >= 0.3 is 5.97 Å². The molecule has 2 aromatic rings. The quantitative estimate of drug-likeness (QED) is 0.618. The van der Waals surface area contributed by atoms with Crippen molar-refractivity contribution in [2.75, 3.05) is 0 Å². The van der Waals surface area contributed by atoms with Crippen LogP contribution in [0.15, 0.2) is 36.8 Å². The van der Waals surface area contributed by atoms with Crippen molar-refractivity contribution in [1.29, 1.82) is 0 Å². The second kappa shape index (κ2) is 7.60. The van der Waals surface area contributed by atoms with Crippen molar-refractivity contribution >= 4 is 22.8 Å². The third-order valence-corrected chi connectivity index (χ3v) is 5.09. The second-order valence-electron chi connectivity index (χ2n) is 6.70. The number of carbonyl (C=O) groups excluding carboxylic acids is 2. The molecule has 1 aliphatic carbocycles. The SMILES string of the molecule is C[C@H](c1cccc(COC(=O)C2(O)CCCC2)c1)n1cncc1C(=O)Cl. The van der Waals surface area contributed by atoms with E-state index in [-0.39, 0.29) is 12.6 Å². The smallest absolute Gasteiger partial charge is 0.338 e. The minimum absolute atomic E-state index is 0.0902. The number of nitrogens with zero attached hydrogens (tertiary/aromatic N) is 2. The lowest BCUT2D eigenvalue weighted by Gasteiger charge is -2.20. The zero-order chi connectivity index (χ0) is 18.7. The molecule has 1 N–H and O–H groups in total. The Bertz CT molecular complexity index is 811. The Morgan fingerprint density at radius 2 is 2.12 bits per heavy atom. The molecule has 1 aliphatic rings. The predicted molar refractivity (Wildman–Crippen MR) is 95.9 cm³/mol. The summed E-state index contributed by atoms with van der Waals surface area (Å²) in [6.07, 6.45) is 5.58. The van der Waals surface area contributed by atoms with Gasteiger partial charge in [0.05, 0.1) is 18.6 Å². The fraction of sp³-hybridized carbons (Fsp3) is 0.421. The van der Waals surface area contributed by atoms with Crippen molar-refractivity contribution in [3.8, 4) is 0 Å². The van der Waals surface area contributed by atoms with E-state index in [0.29, 0.717) is 18.5 Å². The Morgan fingerprint density at radius 1 is 1.38 bits per heavy atom. The van der Waals surface area contributed by atoms with Crippen molar-refractivity contribution in [2.24, 2.45) is 0 Å². The summed E-state index contributed by atoms with van der Waals surface area (Å²) >= 11 is 5.59. The maximum absolute atomic E-state index is 12.1. The molecule has 0 bridgehead atoms. The molecule has 0 spiro atoms. The monoisotopic (exact) mass is 376 g/mol. The van der Waals surface area contributed by atoms with Crippen LogP contribution < -0.4 is 0 Å². The van der Waals surface area contributed by atoms with Crippen molar-refractivity contribution < 1.29 is 19.4 Å². The molecule has 0 radical (unpaired) electrons. The van der Waals surface area contributed by atoms with Gasteiger partial charge in [-0.3, -0.25) is 4.79 Å². The van der Waals surface area contributed by atoms with Gasteiger partial charge in [-0.05, 0) is 55.3 Å². The number of benzene rings is 1. The van der Waals surface area contributed by atoms with E-state index in [1.165, 1.54) is 6.20 Å². The average molecular weight is 377 g/mol. The number of hydrogen-bond acceptors (Lipinski definition) is 5. The molecule has 1 fully saturated rings. The first kappa shape index (κ1) is 18.6. The molecule has 1 atom stereocenters. The van der Waals surface area contributed by atoms with Crippen molar-refractivity contribution in [3.05, 3.63) is 53.6 Å². The first-order valence-corrected chi connectivity index (χ1v) is 8.98. The number of halogens is 1. The van der Waals surface area contributed by atoms with Crippen molar-refractivity contribution in [2.45, 2.75) is 50.9 Å². The Hall–Kier alpha value is -2.18. The predicted octanol–water partition coefficient (Wildman–Crippen LogP) is 3.22. The van der Waals surface area contributed by atoms with Gasteiger partial charge in [0, 0.05) is 0 Å². The van der Waals surface area contributed by atoms with Crippen LogP contribution in [0.3, 0.4) is 0 Å². The van der Waals surface area contributed by atoms with E-state index in [2.05, 4.69) is 4.98 Å². The molecular weight excluding hydrogens is 356 g/mol. The fourth-order valence-electron chi connectivity index (χ4n) is 3.32. The number of hydrogen-bond donors (Lipinski definition) is 1. The molecule has 7 heteroatoms. The minimum atomic E-state index is -1.34. The van der Waals surface area contributed by atoms with E-state index in [1.807, 2.05) is 31.2 Å². The molecule has 3 rings (SSSR count). The number of imidazole rings is 1. The van der Waals surface area contributed by atoms with E-state index in [1.54, 1.807) is 10.9 Å². The van der Waals surface area contributed by atoms with E-state index < -0.39 is 16.8 Å². The molecule has 26 heavy (non-hydrogen) atoms. The topological polar surface area (TPSA) is 81.4 Å². The van der Waals surface area contributed by atoms with Gasteiger partial charge in [-0.25, -0.2) is 9.78 Å². The molecular formula is C19H21ClN2O4. The van der Waals surface area contributed by atoms with Crippen LogP contribution in [0.5, 0.6) is 0 Å². The maximum atomic E-state index is 12.1. The van der Waals surface area contributed by atoms with Gasteiger partial charge in [0.25, 0.3) is 5.24 Å². The maximum Gasteiger partial charge on any atom is 0.338 e. The summed E-state index contributed by atoms with van der Waals surface area (Å²) in [4.78, 5) is 27.6. The summed E-state index contributed by atoms with van der Waals surface area (Å²) in [6, 6.07) is 7.37. The Labute approximate surface area is 156 Å². The zero-order valence-corrected chi connectivity index (χ0v) is 15.3. The van der Waals surface area contributed by atoms with Gasteiger partial charge < -0.3 is 14.4 Å².